The molecule has 8 heteroatoms. The number of rotatable bonds is 5. The molecule has 0 radical (unpaired) electrons. The van der Waals surface area contributed by atoms with Crippen LogP contribution in [0.2, 0.25) is 0 Å². The van der Waals surface area contributed by atoms with Crippen molar-refractivity contribution in [1.82, 2.24) is 9.97 Å². The van der Waals surface area contributed by atoms with E-state index in [-0.39, 0.29) is 5.56 Å². The molecule has 1 saturated heterocycles. The molecule has 0 spiro atoms. The maximum atomic E-state index is 14.7. The van der Waals surface area contributed by atoms with Crippen molar-refractivity contribution in [2.75, 3.05) is 27.8 Å². The molecule has 0 bridgehead atoms. The SMILES string of the molecule is C=CCC.CCCl.O=C(Nc1cccc(-c2ccc3cnccc3n2)c1)c1ccc(N2CCCCS2)cc1F. The first-order valence-electron chi connectivity index (χ1n) is 13.0. The summed E-state index contributed by atoms with van der Waals surface area (Å²) >= 11 is 6.70. The molecule has 1 aliphatic heterocycles. The number of benzene rings is 2. The molecule has 204 valence electrons. The minimum atomic E-state index is -0.521. The lowest BCUT2D eigenvalue weighted by molar-refractivity contribution is 0.102. The molecule has 39 heavy (non-hydrogen) atoms. The molecule has 1 N–H and O–H groups in total. The Morgan fingerprint density at radius 2 is 1.95 bits per heavy atom. The third-order valence-corrected chi connectivity index (χ3v) is 6.86. The second-order valence-electron chi connectivity index (χ2n) is 8.57. The quantitative estimate of drug-likeness (QED) is 0.149. The number of pyridine rings is 2. The van der Waals surface area contributed by atoms with Crippen LogP contribution in [0.5, 0.6) is 0 Å². The van der Waals surface area contributed by atoms with Crippen molar-refractivity contribution in [3.8, 4) is 11.3 Å². The lowest BCUT2D eigenvalue weighted by atomic mass is 10.1. The average molecular weight is 565 g/mol. The summed E-state index contributed by atoms with van der Waals surface area (Å²) < 4.78 is 16.8. The van der Waals surface area contributed by atoms with E-state index in [0.29, 0.717) is 5.69 Å². The van der Waals surface area contributed by atoms with E-state index in [1.165, 1.54) is 12.5 Å². The predicted molar refractivity (Wildman–Crippen MR) is 165 cm³/mol. The van der Waals surface area contributed by atoms with E-state index in [1.54, 1.807) is 42.5 Å². The zero-order valence-electron chi connectivity index (χ0n) is 22.4. The molecule has 2 aromatic carbocycles. The number of nitrogens with one attached hydrogen (secondary N) is 1. The molecule has 2 aromatic heterocycles. The third kappa shape index (κ3) is 8.80. The number of aromatic nitrogens is 2. The molecule has 1 fully saturated rings. The summed E-state index contributed by atoms with van der Waals surface area (Å²) in [6.45, 7) is 8.32. The van der Waals surface area contributed by atoms with Gasteiger partial charge >= 0.3 is 0 Å². The van der Waals surface area contributed by atoms with Gasteiger partial charge in [-0.25, -0.2) is 9.37 Å². The Labute approximate surface area is 239 Å². The zero-order chi connectivity index (χ0) is 28.0. The van der Waals surface area contributed by atoms with E-state index in [1.807, 2.05) is 49.4 Å². The highest BCUT2D eigenvalue weighted by atomic mass is 35.5. The minimum Gasteiger partial charge on any atom is -0.322 e. The fraction of sp³-hybridized carbons (Fsp3) is 0.258. The van der Waals surface area contributed by atoms with Crippen LogP contribution in [0.25, 0.3) is 22.2 Å². The van der Waals surface area contributed by atoms with Gasteiger partial charge in [0, 0.05) is 52.9 Å². The highest BCUT2D eigenvalue weighted by molar-refractivity contribution is 8.00. The van der Waals surface area contributed by atoms with Gasteiger partial charge in [0.25, 0.3) is 5.91 Å². The normalized spacial score (nSPS) is 12.5. The first-order chi connectivity index (χ1) is 19.0. The van der Waals surface area contributed by atoms with E-state index >= 15 is 0 Å². The van der Waals surface area contributed by atoms with Crippen LogP contribution < -0.4 is 9.62 Å². The van der Waals surface area contributed by atoms with Crippen LogP contribution in [0.3, 0.4) is 0 Å². The van der Waals surface area contributed by atoms with Gasteiger partial charge in [-0.15, -0.1) is 18.2 Å². The second kappa shape index (κ2) is 15.9. The lowest BCUT2D eigenvalue weighted by Crippen LogP contribution is -2.21. The van der Waals surface area contributed by atoms with Crippen LogP contribution in [0.15, 0.2) is 85.7 Å². The number of amides is 1. The van der Waals surface area contributed by atoms with E-state index < -0.39 is 11.7 Å². The van der Waals surface area contributed by atoms with Gasteiger partial charge in [-0.3, -0.25) is 9.78 Å². The number of carbonyl (C=O) groups excluding carboxylic acids is 1. The molecule has 1 aliphatic rings. The first-order valence-corrected chi connectivity index (χ1v) is 14.5. The minimum absolute atomic E-state index is 0.0255. The van der Waals surface area contributed by atoms with Gasteiger partial charge in [0.1, 0.15) is 5.82 Å². The first kappa shape index (κ1) is 30.1. The summed E-state index contributed by atoms with van der Waals surface area (Å²) in [6.07, 6.45) is 8.71. The van der Waals surface area contributed by atoms with Crippen molar-refractivity contribution < 1.29 is 9.18 Å². The van der Waals surface area contributed by atoms with E-state index in [4.69, 9.17) is 11.6 Å². The number of hydrogen-bond donors (Lipinski definition) is 1. The van der Waals surface area contributed by atoms with Crippen LogP contribution in [0.1, 0.15) is 43.5 Å². The standard InChI is InChI=1S/C25H21FN4OS.C4H8.C2H5Cl/c26-22-15-20(30-12-1-2-13-32-30)7-8-21(22)25(31)28-19-5-3-4-17(14-19)23-9-6-18-16-27-11-10-24(18)29-23;1-3-4-2;1-2-3/h3-11,14-16H,1-2,12-13H2,(H,28,31);3H,1,4H2,2H3;2H2,1H3. The number of allylic oxidation sites excluding steroid dienone is 1. The Morgan fingerprint density at radius 1 is 1.15 bits per heavy atom. The van der Waals surface area contributed by atoms with Gasteiger partial charge in [0.15, 0.2) is 0 Å². The van der Waals surface area contributed by atoms with Crippen LogP contribution in [0.4, 0.5) is 15.8 Å². The van der Waals surface area contributed by atoms with Crippen LogP contribution in [-0.4, -0.2) is 34.1 Å². The Hall–Kier alpha value is -3.42. The fourth-order valence-corrected chi connectivity index (χ4v) is 4.80. The van der Waals surface area contributed by atoms with Gasteiger partial charge in [-0.05, 0) is 79.7 Å². The summed E-state index contributed by atoms with van der Waals surface area (Å²) in [5, 5.41) is 3.77. The number of halogens is 2. The van der Waals surface area contributed by atoms with Gasteiger partial charge in [-0.2, -0.15) is 0 Å². The summed E-state index contributed by atoms with van der Waals surface area (Å²) in [5.41, 5.74) is 3.90. The summed E-state index contributed by atoms with van der Waals surface area (Å²) in [4.78, 5) is 21.5. The number of nitrogens with zero attached hydrogens (tertiary/aromatic N) is 3. The summed E-state index contributed by atoms with van der Waals surface area (Å²) in [6, 6.07) is 17.9. The van der Waals surface area contributed by atoms with Crippen molar-refractivity contribution in [3.63, 3.8) is 0 Å². The fourth-order valence-electron chi connectivity index (χ4n) is 3.72. The van der Waals surface area contributed by atoms with Crippen molar-refractivity contribution in [2.24, 2.45) is 0 Å². The van der Waals surface area contributed by atoms with Gasteiger partial charge in [0.2, 0.25) is 0 Å². The van der Waals surface area contributed by atoms with Gasteiger partial charge in [0.05, 0.1) is 16.8 Å². The molecule has 0 saturated carbocycles. The number of hydrogen-bond acceptors (Lipinski definition) is 5. The van der Waals surface area contributed by atoms with Crippen molar-refractivity contribution in [2.45, 2.75) is 33.1 Å². The number of alkyl halides is 1. The highest BCUT2D eigenvalue weighted by Gasteiger charge is 2.17. The van der Waals surface area contributed by atoms with E-state index in [0.717, 1.165) is 58.9 Å². The Kier molecular flexibility index (Phi) is 12.3. The van der Waals surface area contributed by atoms with Crippen molar-refractivity contribution in [1.29, 1.82) is 0 Å². The predicted octanol–water partition coefficient (Wildman–Crippen LogP) is 8.76. The maximum absolute atomic E-state index is 14.7. The largest absolute Gasteiger partial charge is 0.322 e. The highest BCUT2D eigenvalue weighted by Crippen LogP contribution is 2.29. The Balaban J connectivity index is 0.000000542. The van der Waals surface area contributed by atoms with Crippen LogP contribution in [0, 0.1) is 5.82 Å². The molecule has 5 nitrogen and oxygen atoms in total. The molecule has 5 rings (SSSR count). The monoisotopic (exact) mass is 564 g/mol. The van der Waals surface area contributed by atoms with Crippen LogP contribution in [-0.2, 0) is 0 Å². The molecule has 3 heterocycles. The molecule has 4 aromatic rings. The molecular formula is C31H34ClFN4OS. The van der Waals surface area contributed by atoms with Gasteiger partial charge in [-0.1, -0.05) is 32.1 Å². The molecule has 0 atom stereocenters. The lowest BCUT2D eigenvalue weighted by Gasteiger charge is -2.27. The summed E-state index contributed by atoms with van der Waals surface area (Å²) in [7, 11) is 0. The third-order valence-electron chi connectivity index (χ3n) is 5.68. The second-order valence-corrected chi connectivity index (χ2v) is 10.2. The molecular weight excluding hydrogens is 531 g/mol. The topological polar surface area (TPSA) is 58.1 Å². The average Bonchev–Trinajstić information content (AvgIpc) is 2.98. The number of fused-ring (bicyclic) bond motifs is 1. The smallest absolute Gasteiger partial charge is 0.258 e. The van der Waals surface area contributed by atoms with Gasteiger partial charge < -0.3 is 9.62 Å². The molecule has 0 unspecified atom stereocenters. The zero-order valence-corrected chi connectivity index (χ0v) is 23.9. The maximum Gasteiger partial charge on any atom is 0.258 e. The summed E-state index contributed by atoms with van der Waals surface area (Å²) in [5.74, 6) is 0.755. The number of carbonyl (C=O) groups is 1. The number of anilines is 2. The van der Waals surface area contributed by atoms with E-state index in [9.17, 15) is 9.18 Å². The van der Waals surface area contributed by atoms with Crippen molar-refractivity contribution >= 4 is 51.7 Å². The Bertz CT molecular complexity index is 1380. The van der Waals surface area contributed by atoms with Crippen LogP contribution >= 0.6 is 23.5 Å². The molecule has 0 aliphatic carbocycles. The van der Waals surface area contributed by atoms with Crippen molar-refractivity contribution in [3.05, 3.63) is 97.1 Å². The molecule has 1 amide bonds. The Morgan fingerprint density at radius 3 is 2.64 bits per heavy atom. The van der Waals surface area contributed by atoms with E-state index in [2.05, 4.69) is 33.1 Å².